The maximum absolute atomic E-state index is 12.0. The highest BCUT2D eigenvalue weighted by Crippen LogP contribution is 2.15. The summed E-state index contributed by atoms with van der Waals surface area (Å²) in [6.07, 6.45) is 3.28. The number of likely N-dealkylation sites (tertiary alicyclic amines) is 1. The standard InChI is InChI=1S/C13H27N3O/c1-11-5-9-16(10-6-11)13(17)14-12(2)7-8-15(3)4/h11-12H,5-10H2,1-4H3,(H,14,17). The second-order valence-electron chi connectivity index (χ2n) is 5.61. The second kappa shape index (κ2) is 6.84. The maximum Gasteiger partial charge on any atom is 0.317 e. The van der Waals surface area contributed by atoms with E-state index in [1.165, 1.54) is 0 Å². The van der Waals surface area contributed by atoms with Gasteiger partial charge in [0.25, 0.3) is 0 Å². The lowest BCUT2D eigenvalue weighted by Gasteiger charge is -2.31. The van der Waals surface area contributed by atoms with E-state index < -0.39 is 0 Å². The van der Waals surface area contributed by atoms with Crippen LogP contribution in [0.1, 0.15) is 33.1 Å². The number of carbonyl (C=O) groups is 1. The highest BCUT2D eigenvalue weighted by molar-refractivity contribution is 5.74. The molecule has 0 bridgehead atoms. The fourth-order valence-corrected chi connectivity index (χ4v) is 2.04. The topological polar surface area (TPSA) is 35.6 Å². The van der Waals surface area contributed by atoms with Gasteiger partial charge in [-0.3, -0.25) is 0 Å². The number of piperidine rings is 1. The molecule has 1 rings (SSSR count). The lowest BCUT2D eigenvalue weighted by atomic mass is 10.00. The number of amides is 2. The zero-order valence-electron chi connectivity index (χ0n) is 11.7. The van der Waals surface area contributed by atoms with Gasteiger partial charge in [-0.1, -0.05) is 6.92 Å². The molecular formula is C13H27N3O. The van der Waals surface area contributed by atoms with Gasteiger partial charge in [0, 0.05) is 19.1 Å². The number of rotatable bonds is 4. The first-order chi connectivity index (χ1) is 7.99. The lowest BCUT2D eigenvalue weighted by Crippen LogP contribution is -2.47. The van der Waals surface area contributed by atoms with E-state index in [9.17, 15) is 4.79 Å². The summed E-state index contributed by atoms with van der Waals surface area (Å²) in [6, 6.07) is 0.368. The van der Waals surface area contributed by atoms with Crippen molar-refractivity contribution in [1.29, 1.82) is 0 Å². The number of nitrogens with zero attached hydrogens (tertiary/aromatic N) is 2. The monoisotopic (exact) mass is 241 g/mol. The molecular weight excluding hydrogens is 214 g/mol. The van der Waals surface area contributed by atoms with Crippen LogP contribution in [0.2, 0.25) is 0 Å². The van der Waals surface area contributed by atoms with Gasteiger partial charge in [0.1, 0.15) is 0 Å². The molecule has 0 radical (unpaired) electrons. The maximum atomic E-state index is 12.0. The van der Waals surface area contributed by atoms with Gasteiger partial charge in [-0.05, 0) is 52.7 Å². The highest BCUT2D eigenvalue weighted by atomic mass is 16.2. The third kappa shape index (κ3) is 5.39. The fourth-order valence-electron chi connectivity index (χ4n) is 2.04. The third-order valence-corrected chi connectivity index (χ3v) is 3.45. The van der Waals surface area contributed by atoms with Gasteiger partial charge in [0.2, 0.25) is 0 Å². The van der Waals surface area contributed by atoms with E-state index in [-0.39, 0.29) is 12.1 Å². The summed E-state index contributed by atoms with van der Waals surface area (Å²) in [6.45, 7) is 7.17. The van der Waals surface area contributed by atoms with Crippen LogP contribution in [0.3, 0.4) is 0 Å². The third-order valence-electron chi connectivity index (χ3n) is 3.45. The summed E-state index contributed by atoms with van der Waals surface area (Å²) >= 11 is 0. The number of carbonyl (C=O) groups excluding carboxylic acids is 1. The van der Waals surface area contributed by atoms with Crippen LogP contribution in [0, 0.1) is 5.92 Å². The van der Waals surface area contributed by atoms with Crippen molar-refractivity contribution in [2.45, 2.75) is 39.2 Å². The van der Waals surface area contributed by atoms with Crippen LogP contribution >= 0.6 is 0 Å². The average Bonchev–Trinajstić information content (AvgIpc) is 2.27. The minimum absolute atomic E-state index is 0.114. The molecule has 0 aliphatic carbocycles. The van der Waals surface area contributed by atoms with Crippen LogP contribution in [-0.4, -0.2) is 55.6 Å². The molecule has 0 spiro atoms. The van der Waals surface area contributed by atoms with Crippen LogP contribution in [0.25, 0.3) is 0 Å². The van der Waals surface area contributed by atoms with Gasteiger partial charge in [-0.25, -0.2) is 4.79 Å². The second-order valence-corrected chi connectivity index (χ2v) is 5.61. The van der Waals surface area contributed by atoms with Gasteiger partial charge in [0.15, 0.2) is 0 Å². The fraction of sp³-hybridized carbons (Fsp3) is 0.923. The molecule has 1 heterocycles. The highest BCUT2D eigenvalue weighted by Gasteiger charge is 2.20. The summed E-state index contributed by atoms with van der Waals surface area (Å²) in [4.78, 5) is 16.1. The normalized spacial score (nSPS) is 19.5. The van der Waals surface area contributed by atoms with Gasteiger partial charge in [0.05, 0.1) is 0 Å². The van der Waals surface area contributed by atoms with Crippen LogP contribution in [0.15, 0.2) is 0 Å². The van der Waals surface area contributed by atoms with Crippen molar-refractivity contribution >= 4 is 6.03 Å². The zero-order chi connectivity index (χ0) is 12.8. The molecule has 0 saturated carbocycles. The Kier molecular flexibility index (Phi) is 5.75. The van der Waals surface area contributed by atoms with Crippen molar-refractivity contribution in [1.82, 2.24) is 15.1 Å². The molecule has 2 amide bonds. The van der Waals surface area contributed by atoms with Gasteiger partial charge in [-0.2, -0.15) is 0 Å². The van der Waals surface area contributed by atoms with Crippen molar-refractivity contribution in [3.8, 4) is 0 Å². The van der Waals surface area contributed by atoms with Crippen LogP contribution in [-0.2, 0) is 0 Å². The van der Waals surface area contributed by atoms with Crippen molar-refractivity contribution in [3.05, 3.63) is 0 Å². The summed E-state index contributed by atoms with van der Waals surface area (Å²) < 4.78 is 0. The van der Waals surface area contributed by atoms with E-state index in [4.69, 9.17) is 0 Å². The molecule has 1 N–H and O–H groups in total. The zero-order valence-corrected chi connectivity index (χ0v) is 11.7. The Morgan fingerprint density at radius 1 is 1.41 bits per heavy atom. The first kappa shape index (κ1) is 14.3. The average molecular weight is 241 g/mol. The molecule has 1 aliphatic rings. The smallest absolute Gasteiger partial charge is 0.317 e. The van der Waals surface area contributed by atoms with Crippen molar-refractivity contribution in [2.75, 3.05) is 33.7 Å². The molecule has 4 heteroatoms. The van der Waals surface area contributed by atoms with Crippen LogP contribution < -0.4 is 5.32 Å². The number of hydrogen-bond acceptors (Lipinski definition) is 2. The molecule has 0 aromatic carbocycles. The van der Waals surface area contributed by atoms with Crippen molar-refractivity contribution in [3.63, 3.8) is 0 Å². The van der Waals surface area contributed by atoms with E-state index in [0.717, 1.165) is 44.8 Å². The van der Waals surface area contributed by atoms with Crippen LogP contribution in [0.4, 0.5) is 4.79 Å². The van der Waals surface area contributed by atoms with Gasteiger partial charge in [-0.15, -0.1) is 0 Å². The summed E-state index contributed by atoms with van der Waals surface area (Å²) in [5, 5.41) is 3.08. The molecule has 1 atom stereocenters. The predicted octanol–water partition coefficient (Wildman–Crippen LogP) is 1.77. The Morgan fingerprint density at radius 2 is 2.00 bits per heavy atom. The van der Waals surface area contributed by atoms with Gasteiger partial charge >= 0.3 is 6.03 Å². The quantitative estimate of drug-likeness (QED) is 0.814. The van der Waals surface area contributed by atoms with E-state index in [1.807, 2.05) is 4.90 Å². The molecule has 0 aromatic rings. The lowest BCUT2D eigenvalue weighted by molar-refractivity contribution is 0.170. The predicted molar refractivity (Wildman–Crippen MR) is 71.1 cm³/mol. The van der Waals surface area contributed by atoms with Gasteiger partial charge < -0.3 is 15.1 Å². The van der Waals surface area contributed by atoms with E-state index in [2.05, 4.69) is 38.2 Å². The first-order valence-electron chi connectivity index (χ1n) is 6.69. The molecule has 100 valence electrons. The number of urea groups is 1. The molecule has 1 aliphatic heterocycles. The Labute approximate surface area is 105 Å². The number of hydrogen-bond donors (Lipinski definition) is 1. The Bertz CT molecular complexity index is 235. The van der Waals surface area contributed by atoms with E-state index in [1.54, 1.807) is 0 Å². The molecule has 1 fully saturated rings. The van der Waals surface area contributed by atoms with E-state index >= 15 is 0 Å². The Balaban J connectivity index is 2.23. The molecule has 4 nitrogen and oxygen atoms in total. The first-order valence-corrected chi connectivity index (χ1v) is 6.69. The molecule has 17 heavy (non-hydrogen) atoms. The minimum atomic E-state index is 0.114. The van der Waals surface area contributed by atoms with Crippen molar-refractivity contribution in [2.24, 2.45) is 5.92 Å². The minimum Gasteiger partial charge on any atom is -0.335 e. The Hall–Kier alpha value is -0.770. The summed E-state index contributed by atoms with van der Waals surface area (Å²) in [5.41, 5.74) is 0. The van der Waals surface area contributed by atoms with Crippen molar-refractivity contribution < 1.29 is 4.79 Å². The summed E-state index contributed by atoms with van der Waals surface area (Å²) in [5.74, 6) is 0.769. The SMILES string of the molecule is CC1CCN(C(=O)NC(C)CCN(C)C)CC1. The molecule has 1 unspecified atom stereocenters. The molecule has 1 saturated heterocycles. The Morgan fingerprint density at radius 3 is 2.53 bits per heavy atom. The van der Waals surface area contributed by atoms with Crippen LogP contribution in [0.5, 0.6) is 0 Å². The largest absolute Gasteiger partial charge is 0.335 e. The molecule has 0 aromatic heterocycles. The summed E-state index contributed by atoms with van der Waals surface area (Å²) in [7, 11) is 4.11. The number of nitrogens with one attached hydrogen (secondary N) is 1. The van der Waals surface area contributed by atoms with E-state index in [0.29, 0.717) is 0 Å².